The molecule has 9 nitrogen and oxygen atoms in total. The number of benzene rings is 2. The zero-order chi connectivity index (χ0) is 20.8. The first-order valence-electron chi connectivity index (χ1n) is 9.06. The first-order chi connectivity index (χ1) is 14.0. The fourth-order valence-electron chi connectivity index (χ4n) is 3.03. The van der Waals surface area contributed by atoms with Crippen LogP contribution in [0.1, 0.15) is 5.56 Å². The number of hydrogen-bond donors (Lipinski definition) is 2. The first kappa shape index (κ1) is 21.2. The van der Waals surface area contributed by atoms with Gasteiger partial charge in [-0.25, -0.2) is 0 Å². The number of rotatable bonds is 8. The summed E-state index contributed by atoms with van der Waals surface area (Å²) in [7, 11) is 1.45. The number of aliphatic hydroxyl groups excluding tert-OH is 2. The highest BCUT2D eigenvalue weighted by Gasteiger charge is 2.46. The van der Waals surface area contributed by atoms with E-state index in [2.05, 4.69) is 0 Å². The van der Waals surface area contributed by atoms with Gasteiger partial charge in [-0.3, -0.25) is 10.1 Å². The van der Waals surface area contributed by atoms with E-state index in [9.17, 15) is 20.3 Å². The molecule has 2 N–H and O–H groups in total. The van der Waals surface area contributed by atoms with Crippen molar-refractivity contribution in [3.8, 4) is 5.75 Å². The van der Waals surface area contributed by atoms with E-state index >= 15 is 0 Å². The van der Waals surface area contributed by atoms with Gasteiger partial charge in [-0.2, -0.15) is 0 Å². The maximum absolute atomic E-state index is 10.8. The predicted molar refractivity (Wildman–Crippen MR) is 101 cm³/mol. The molecule has 0 amide bonds. The standard InChI is InChI=1S/C20H23NO8/c1-26-12-16-17(22)18(23)19(27-11-13-5-3-2-4-6-13)20(29-16)28-15-9-7-14(8-10-15)21(24)25/h2-10,16-20,22-23H,11-12H2,1H3/t16-,17+,18+,19-,20-/m1/s1. The van der Waals surface area contributed by atoms with Crippen LogP contribution in [0.3, 0.4) is 0 Å². The molecular weight excluding hydrogens is 382 g/mol. The van der Waals surface area contributed by atoms with Crippen molar-refractivity contribution in [1.29, 1.82) is 0 Å². The fourth-order valence-corrected chi connectivity index (χ4v) is 3.03. The van der Waals surface area contributed by atoms with Crippen molar-refractivity contribution in [3.63, 3.8) is 0 Å². The number of nitro groups is 1. The molecule has 2 aromatic rings. The molecule has 0 spiro atoms. The highest BCUT2D eigenvalue weighted by atomic mass is 16.7. The number of methoxy groups -OCH3 is 1. The Hall–Kier alpha value is -2.56. The van der Waals surface area contributed by atoms with Crippen LogP contribution in [0.15, 0.2) is 54.6 Å². The molecule has 5 atom stereocenters. The van der Waals surface area contributed by atoms with E-state index in [1.54, 1.807) is 0 Å². The molecule has 0 saturated carbocycles. The van der Waals surface area contributed by atoms with Crippen molar-refractivity contribution in [3.05, 3.63) is 70.3 Å². The zero-order valence-corrected chi connectivity index (χ0v) is 15.8. The number of nitro benzene ring substituents is 1. The van der Waals surface area contributed by atoms with Crippen LogP contribution in [0.25, 0.3) is 0 Å². The van der Waals surface area contributed by atoms with Gasteiger partial charge in [-0.05, 0) is 17.7 Å². The molecule has 0 unspecified atom stereocenters. The van der Waals surface area contributed by atoms with Crippen LogP contribution >= 0.6 is 0 Å². The van der Waals surface area contributed by atoms with Gasteiger partial charge in [0.05, 0.1) is 18.1 Å². The highest BCUT2D eigenvalue weighted by molar-refractivity contribution is 5.36. The van der Waals surface area contributed by atoms with Crippen LogP contribution in [0.4, 0.5) is 5.69 Å². The van der Waals surface area contributed by atoms with E-state index in [-0.39, 0.29) is 18.9 Å². The lowest BCUT2D eigenvalue weighted by Crippen LogP contribution is -2.61. The van der Waals surface area contributed by atoms with E-state index in [1.807, 2.05) is 30.3 Å². The Kier molecular flexibility index (Phi) is 7.13. The number of aliphatic hydroxyl groups is 2. The Morgan fingerprint density at radius 3 is 2.38 bits per heavy atom. The quantitative estimate of drug-likeness (QED) is 0.502. The summed E-state index contributed by atoms with van der Waals surface area (Å²) in [6.45, 7) is 0.220. The molecule has 0 radical (unpaired) electrons. The number of nitrogens with zero attached hydrogens (tertiary/aromatic N) is 1. The van der Waals surface area contributed by atoms with E-state index in [4.69, 9.17) is 18.9 Å². The molecular formula is C20H23NO8. The summed E-state index contributed by atoms with van der Waals surface area (Å²) in [5, 5.41) is 31.8. The minimum atomic E-state index is -1.28. The molecule has 0 aromatic heterocycles. The van der Waals surface area contributed by atoms with Crippen LogP contribution in [-0.2, 0) is 20.8 Å². The zero-order valence-electron chi connectivity index (χ0n) is 15.8. The lowest BCUT2D eigenvalue weighted by atomic mass is 9.99. The second-order valence-electron chi connectivity index (χ2n) is 6.61. The summed E-state index contributed by atoms with van der Waals surface area (Å²) in [6, 6.07) is 14.8. The minimum Gasteiger partial charge on any atom is -0.462 e. The summed E-state index contributed by atoms with van der Waals surface area (Å²) in [4.78, 5) is 10.3. The first-order valence-corrected chi connectivity index (χ1v) is 9.06. The van der Waals surface area contributed by atoms with E-state index in [0.29, 0.717) is 5.75 Å². The molecule has 3 rings (SSSR count). The molecule has 1 aliphatic heterocycles. The Morgan fingerprint density at radius 2 is 1.76 bits per heavy atom. The van der Waals surface area contributed by atoms with Crippen molar-refractivity contribution >= 4 is 5.69 Å². The van der Waals surface area contributed by atoms with Gasteiger partial charge in [-0.15, -0.1) is 0 Å². The third-order valence-corrected chi connectivity index (χ3v) is 4.56. The second-order valence-corrected chi connectivity index (χ2v) is 6.61. The lowest BCUT2D eigenvalue weighted by Gasteiger charge is -2.42. The monoisotopic (exact) mass is 405 g/mol. The molecule has 2 aromatic carbocycles. The Morgan fingerprint density at radius 1 is 1.07 bits per heavy atom. The molecule has 1 saturated heterocycles. The summed E-state index contributed by atoms with van der Waals surface area (Å²) in [5.41, 5.74) is 0.800. The Balaban J connectivity index is 1.76. The largest absolute Gasteiger partial charge is 0.462 e. The van der Waals surface area contributed by atoms with E-state index in [0.717, 1.165) is 5.56 Å². The van der Waals surface area contributed by atoms with Gasteiger partial charge >= 0.3 is 0 Å². The van der Waals surface area contributed by atoms with Crippen LogP contribution in [0, 0.1) is 10.1 Å². The maximum atomic E-state index is 10.8. The van der Waals surface area contributed by atoms with Gasteiger partial charge in [0.15, 0.2) is 0 Å². The molecule has 0 bridgehead atoms. The average Bonchev–Trinajstić information content (AvgIpc) is 2.73. The summed E-state index contributed by atoms with van der Waals surface area (Å²) >= 11 is 0. The molecule has 0 aliphatic carbocycles. The SMILES string of the molecule is COC[C@H]1O[C@@H](Oc2ccc([N+](=O)[O-])cc2)[C@H](OCc2ccccc2)[C@@H](O)[C@H]1O. The molecule has 29 heavy (non-hydrogen) atoms. The molecule has 9 heteroatoms. The Labute approximate surface area is 167 Å². The highest BCUT2D eigenvalue weighted by Crippen LogP contribution is 2.28. The van der Waals surface area contributed by atoms with E-state index in [1.165, 1.54) is 31.4 Å². The predicted octanol–water partition coefficient (Wildman–Crippen LogP) is 1.65. The van der Waals surface area contributed by atoms with Crippen molar-refractivity contribution in [2.75, 3.05) is 13.7 Å². The smallest absolute Gasteiger partial charge is 0.269 e. The van der Waals surface area contributed by atoms with Gasteiger partial charge < -0.3 is 29.2 Å². The lowest BCUT2D eigenvalue weighted by molar-refractivity contribution is -0.384. The van der Waals surface area contributed by atoms with Gasteiger partial charge in [0.2, 0.25) is 6.29 Å². The van der Waals surface area contributed by atoms with Crippen molar-refractivity contribution in [1.82, 2.24) is 0 Å². The Bertz CT molecular complexity index is 785. The molecule has 1 aliphatic rings. The van der Waals surface area contributed by atoms with Crippen molar-refractivity contribution < 1.29 is 34.1 Å². The van der Waals surface area contributed by atoms with Crippen LogP contribution < -0.4 is 4.74 Å². The summed E-state index contributed by atoms with van der Waals surface area (Å²) < 4.78 is 22.4. The van der Waals surface area contributed by atoms with Crippen LogP contribution in [0.5, 0.6) is 5.75 Å². The number of hydrogen-bond acceptors (Lipinski definition) is 8. The molecule has 1 heterocycles. The normalized spacial score (nSPS) is 26.8. The maximum Gasteiger partial charge on any atom is 0.269 e. The minimum absolute atomic E-state index is 0.0454. The second kappa shape index (κ2) is 9.77. The van der Waals surface area contributed by atoms with Gasteiger partial charge in [-0.1, -0.05) is 30.3 Å². The average molecular weight is 405 g/mol. The van der Waals surface area contributed by atoms with Crippen molar-refractivity contribution in [2.24, 2.45) is 0 Å². The summed E-state index contributed by atoms with van der Waals surface area (Å²) in [6.07, 6.45) is -5.38. The molecule has 156 valence electrons. The fraction of sp³-hybridized carbons (Fsp3) is 0.400. The van der Waals surface area contributed by atoms with Gasteiger partial charge in [0.25, 0.3) is 5.69 Å². The van der Waals surface area contributed by atoms with E-state index < -0.39 is 35.6 Å². The van der Waals surface area contributed by atoms with Gasteiger partial charge in [0.1, 0.15) is 30.2 Å². The summed E-state index contributed by atoms with van der Waals surface area (Å²) in [5.74, 6) is 0.300. The van der Waals surface area contributed by atoms with Crippen molar-refractivity contribution in [2.45, 2.75) is 37.3 Å². The van der Waals surface area contributed by atoms with Crippen LogP contribution in [0.2, 0.25) is 0 Å². The number of non-ortho nitro benzene ring substituents is 1. The topological polar surface area (TPSA) is 121 Å². The van der Waals surface area contributed by atoms with Crippen LogP contribution in [-0.4, -0.2) is 59.6 Å². The third kappa shape index (κ3) is 5.28. The van der Waals surface area contributed by atoms with Gasteiger partial charge in [0, 0.05) is 19.2 Å². The molecule has 1 fully saturated rings. The number of ether oxygens (including phenoxy) is 4. The third-order valence-electron chi connectivity index (χ3n) is 4.56.